The summed E-state index contributed by atoms with van der Waals surface area (Å²) in [6, 6.07) is 0. The number of aromatic nitrogens is 2. The Morgan fingerprint density at radius 2 is 2.10 bits per heavy atom. The summed E-state index contributed by atoms with van der Waals surface area (Å²) in [6.07, 6.45) is 11.1. The van der Waals surface area contributed by atoms with Gasteiger partial charge in [-0.1, -0.05) is 6.92 Å². The minimum absolute atomic E-state index is 0.0582. The van der Waals surface area contributed by atoms with E-state index >= 15 is 0 Å². The first-order chi connectivity index (χ1) is 9.98. The average Bonchev–Trinajstić information content (AvgIpc) is 2.87. The van der Waals surface area contributed by atoms with Gasteiger partial charge in [0.25, 0.3) is 0 Å². The highest BCUT2D eigenvalue weighted by Crippen LogP contribution is 2.65. The molecule has 4 fully saturated rings. The van der Waals surface area contributed by atoms with Crippen LogP contribution >= 0.6 is 0 Å². The maximum absolute atomic E-state index is 13.2. The molecule has 0 saturated heterocycles. The number of nitrogens with one attached hydrogen (secondary N) is 1. The van der Waals surface area contributed by atoms with E-state index in [0.29, 0.717) is 17.9 Å². The van der Waals surface area contributed by atoms with E-state index in [2.05, 4.69) is 17.1 Å². The van der Waals surface area contributed by atoms with Crippen LogP contribution in [-0.4, -0.2) is 28.1 Å². The Hall–Kier alpha value is -1.32. The van der Waals surface area contributed by atoms with E-state index in [0.717, 1.165) is 36.7 Å². The molecular weight excluding hydrogens is 262 g/mol. The minimum Gasteiger partial charge on any atom is -0.341 e. The lowest BCUT2D eigenvalue weighted by Gasteiger charge is -2.61. The maximum Gasteiger partial charge on any atom is 0.228 e. The zero-order valence-corrected chi connectivity index (χ0v) is 13.1. The average molecular weight is 287 g/mol. The van der Waals surface area contributed by atoms with Gasteiger partial charge in [0.15, 0.2) is 0 Å². The second-order valence-corrected chi connectivity index (χ2v) is 8.32. The molecule has 1 N–H and O–H groups in total. The van der Waals surface area contributed by atoms with Crippen LogP contribution in [0.3, 0.4) is 0 Å². The molecule has 2 atom stereocenters. The number of hydrogen-bond acceptors (Lipinski definition) is 2. The van der Waals surface area contributed by atoms with E-state index in [1.165, 1.54) is 19.3 Å². The van der Waals surface area contributed by atoms with Gasteiger partial charge in [-0.05, 0) is 55.8 Å². The van der Waals surface area contributed by atoms with Crippen molar-refractivity contribution < 1.29 is 4.79 Å². The lowest BCUT2D eigenvalue weighted by atomic mass is 9.44. The Labute approximate surface area is 126 Å². The van der Waals surface area contributed by atoms with E-state index in [4.69, 9.17) is 0 Å². The fourth-order valence-corrected chi connectivity index (χ4v) is 6.09. The third kappa shape index (κ3) is 2.11. The number of H-pyrrole nitrogens is 1. The van der Waals surface area contributed by atoms with Crippen LogP contribution in [-0.2, 0) is 11.3 Å². The van der Waals surface area contributed by atoms with Crippen molar-refractivity contribution in [2.75, 3.05) is 7.05 Å². The van der Waals surface area contributed by atoms with Crippen LogP contribution in [0.15, 0.2) is 12.4 Å². The lowest BCUT2D eigenvalue weighted by molar-refractivity contribution is -0.165. The number of aromatic amines is 1. The predicted octanol–water partition coefficient (Wildman–Crippen LogP) is 2.97. The molecule has 4 aliphatic rings. The fraction of sp³-hybridized carbons (Fsp3) is 0.765. The quantitative estimate of drug-likeness (QED) is 0.929. The molecule has 4 aliphatic carbocycles. The van der Waals surface area contributed by atoms with Gasteiger partial charge in [-0.3, -0.25) is 9.89 Å². The molecule has 4 bridgehead atoms. The molecule has 0 aromatic carbocycles. The van der Waals surface area contributed by atoms with E-state index < -0.39 is 0 Å². The highest BCUT2D eigenvalue weighted by molar-refractivity contribution is 5.83. The number of carbonyl (C=O) groups is 1. The first-order valence-corrected chi connectivity index (χ1v) is 8.21. The largest absolute Gasteiger partial charge is 0.341 e. The van der Waals surface area contributed by atoms with Crippen molar-refractivity contribution in [3.8, 4) is 0 Å². The summed E-state index contributed by atoms with van der Waals surface area (Å²) in [5.41, 5.74) is 1.45. The second kappa shape index (κ2) is 4.34. The Kier molecular flexibility index (Phi) is 2.76. The standard InChI is InChI=1S/C17H25N3O/c1-16-4-12-3-13(5-16)7-17(6-12,11-16)15(21)20(2)10-14-8-18-19-9-14/h8-9,12-13H,3-7,10-11H2,1-2H3,(H,18,19). The second-order valence-electron chi connectivity index (χ2n) is 8.32. The van der Waals surface area contributed by atoms with Crippen LogP contribution in [0.1, 0.15) is 51.0 Å². The molecule has 0 spiro atoms. The smallest absolute Gasteiger partial charge is 0.228 e. The molecule has 4 heteroatoms. The maximum atomic E-state index is 13.2. The van der Waals surface area contributed by atoms with Gasteiger partial charge < -0.3 is 4.90 Å². The van der Waals surface area contributed by atoms with E-state index in [1.54, 1.807) is 0 Å². The topological polar surface area (TPSA) is 49.0 Å². The predicted molar refractivity (Wildman–Crippen MR) is 80.3 cm³/mol. The van der Waals surface area contributed by atoms with E-state index in [1.807, 2.05) is 24.3 Å². The molecule has 4 nitrogen and oxygen atoms in total. The molecule has 0 aliphatic heterocycles. The number of nitrogens with zero attached hydrogens (tertiary/aromatic N) is 2. The van der Waals surface area contributed by atoms with Gasteiger partial charge in [0, 0.05) is 25.4 Å². The minimum atomic E-state index is -0.0582. The van der Waals surface area contributed by atoms with Crippen LogP contribution < -0.4 is 0 Å². The fourth-order valence-electron chi connectivity index (χ4n) is 6.09. The zero-order chi connectivity index (χ0) is 14.7. The summed E-state index contributed by atoms with van der Waals surface area (Å²) < 4.78 is 0. The SMILES string of the molecule is CN(Cc1cn[nH]c1)C(=O)C12CC3CC(CC(C)(C3)C1)C2. The highest BCUT2D eigenvalue weighted by atomic mass is 16.2. The van der Waals surface area contributed by atoms with Crippen molar-refractivity contribution >= 4 is 5.91 Å². The van der Waals surface area contributed by atoms with Crippen molar-refractivity contribution in [3.05, 3.63) is 18.0 Å². The summed E-state index contributed by atoms with van der Waals surface area (Å²) >= 11 is 0. The van der Waals surface area contributed by atoms with Crippen molar-refractivity contribution in [3.63, 3.8) is 0 Å². The summed E-state index contributed by atoms with van der Waals surface area (Å²) in [4.78, 5) is 15.1. The Morgan fingerprint density at radius 1 is 1.38 bits per heavy atom. The van der Waals surface area contributed by atoms with Crippen LogP contribution in [0, 0.1) is 22.7 Å². The van der Waals surface area contributed by atoms with Crippen LogP contribution in [0.5, 0.6) is 0 Å². The van der Waals surface area contributed by atoms with Crippen molar-refractivity contribution in [1.29, 1.82) is 0 Å². The molecular formula is C17H25N3O. The summed E-state index contributed by atoms with van der Waals surface area (Å²) in [5, 5.41) is 6.80. The van der Waals surface area contributed by atoms with Gasteiger partial charge >= 0.3 is 0 Å². The zero-order valence-electron chi connectivity index (χ0n) is 13.1. The molecule has 114 valence electrons. The summed E-state index contributed by atoms with van der Waals surface area (Å²) in [7, 11) is 1.95. The molecule has 1 aromatic heterocycles. The van der Waals surface area contributed by atoms with E-state index in [9.17, 15) is 4.79 Å². The van der Waals surface area contributed by atoms with Gasteiger partial charge in [0.2, 0.25) is 5.91 Å². The molecule has 2 unspecified atom stereocenters. The van der Waals surface area contributed by atoms with E-state index in [-0.39, 0.29) is 5.41 Å². The molecule has 1 amide bonds. The Morgan fingerprint density at radius 3 is 2.67 bits per heavy atom. The first-order valence-electron chi connectivity index (χ1n) is 8.21. The highest BCUT2D eigenvalue weighted by Gasteiger charge is 2.59. The van der Waals surface area contributed by atoms with Gasteiger partial charge in [-0.25, -0.2) is 0 Å². The molecule has 21 heavy (non-hydrogen) atoms. The van der Waals surface area contributed by atoms with Gasteiger partial charge in [-0.2, -0.15) is 5.10 Å². The van der Waals surface area contributed by atoms with Crippen LogP contribution in [0.4, 0.5) is 0 Å². The van der Waals surface area contributed by atoms with Crippen LogP contribution in [0.2, 0.25) is 0 Å². The summed E-state index contributed by atoms with van der Waals surface area (Å²) in [5.74, 6) is 1.97. The van der Waals surface area contributed by atoms with Crippen LogP contribution in [0.25, 0.3) is 0 Å². The third-order valence-corrected chi connectivity index (χ3v) is 6.13. The third-order valence-electron chi connectivity index (χ3n) is 6.13. The van der Waals surface area contributed by atoms with Gasteiger partial charge in [0.05, 0.1) is 11.6 Å². The number of hydrogen-bond donors (Lipinski definition) is 1. The Balaban J connectivity index is 1.56. The van der Waals surface area contributed by atoms with Gasteiger partial charge in [-0.15, -0.1) is 0 Å². The van der Waals surface area contributed by atoms with Crippen molar-refractivity contribution in [2.45, 2.75) is 52.0 Å². The molecule has 4 saturated carbocycles. The molecule has 1 heterocycles. The number of rotatable bonds is 3. The first kappa shape index (κ1) is 13.4. The molecule has 1 aromatic rings. The molecule has 0 radical (unpaired) electrons. The van der Waals surface area contributed by atoms with Crippen molar-refractivity contribution in [1.82, 2.24) is 15.1 Å². The van der Waals surface area contributed by atoms with Crippen molar-refractivity contribution in [2.24, 2.45) is 22.7 Å². The van der Waals surface area contributed by atoms with Gasteiger partial charge in [0.1, 0.15) is 0 Å². The number of amides is 1. The Bertz CT molecular complexity index is 536. The monoisotopic (exact) mass is 287 g/mol. The summed E-state index contributed by atoms with van der Waals surface area (Å²) in [6.45, 7) is 3.09. The number of carbonyl (C=O) groups excluding carboxylic acids is 1. The molecule has 5 rings (SSSR count). The normalized spacial score (nSPS) is 40.5. The lowest BCUT2D eigenvalue weighted by Crippen LogP contribution is -2.56.